The van der Waals surface area contributed by atoms with Gasteiger partial charge in [-0.05, 0) is 11.4 Å². The number of hydrogen-bond acceptors (Lipinski definition) is 7. The van der Waals surface area contributed by atoms with Crippen molar-refractivity contribution in [3.8, 4) is 5.75 Å². The topological polar surface area (TPSA) is 77.7 Å². The predicted molar refractivity (Wildman–Crippen MR) is 83.9 cm³/mol. The normalized spacial score (nSPS) is 18.4. The van der Waals surface area contributed by atoms with Gasteiger partial charge in [0.05, 0.1) is 20.3 Å². The molecule has 1 aliphatic heterocycles. The van der Waals surface area contributed by atoms with Crippen LogP contribution in [0.25, 0.3) is 0 Å². The molecule has 1 atom stereocenters. The lowest BCUT2D eigenvalue weighted by Gasteiger charge is -2.33. The summed E-state index contributed by atoms with van der Waals surface area (Å²) in [5.41, 5.74) is 0. The van der Waals surface area contributed by atoms with Crippen LogP contribution in [0, 0.1) is 0 Å². The summed E-state index contributed by atoms with van der Waals surface area (Å²) in [5, 5.41) is 9.99. The van der Waals surface area contributed by atoms with Crippen LogP contribution < -0.4 is 4.74 Å². The van der Waals surface area contributed by atoms with E-state index in [1.54, 1.807) is 18.1 Å². The van der Waals surface area contributed by atoms with Crippen molar-refractivity contribution in [2.45, 2.75) is 25.8 Å². The Kier molecular flexibility index (Phi) is 4.63. The van der Waals surface area contributed by atoms with E-state index in [0.717, 1.165) is 0 Å². The number of rotatable bonds is 4. The van der Waals surface area contributed by atoms with Gasteiger partial charge >= 0.3 is 0 Å². The summed E-state index contributed by atoms with van der Waals surface area (Å²) in [4.78, 5) is 15.2. The first-order chi connectivity index (χ1) is 11.1. The van der Waals surface area contributed by atoms with E-state index >= 15 is 0 Å². The molecule has 3 rings (SSSR count). The Morgan fingerprint density at radius 2 is 2.30 bits per heavy atom. The summed E-state index contributed by atoms with van der Waals surface area (Å²) in [7, 11) is 1.56. The van der Waals surface area contributed by atoms with Crippen molar-refractivity contribution in [1.29, 1.82) is 0 Å². The summed E-state index contributed by atoms with van der Waals surface area (Å²) in [5.74, 6) is 1.60. The van der Waals surface area contributed by atoms with Crippen molar-refractivity contribution in [3.63, 3.8) is 0 Å². The summed E-state index contributed by atoms with van der Waals surface area (Å²) in [6.07, 6.45) is 0. The van der Waals surface area contributed by atoms with E-state index in [2.05, 4.69) is 10.2 Å². The first-order valence-electron chi connectivity index (χ1n) is 7.45. The highest BCUT2D eigenvalue weighted by Gasteiger charge is 2.35. The molecule has 1 saturated heterocycles. The number of thiophene rings is 1. The van der Waals surface area contributed by atoms with Crippen molar-refractivity contribution < 1.29 is 18.7 Å². The van der Waals surface area contributed by atoms with E-state index < -0.39 is 0 Å². The summed E-state index contributed by atoms with van der Waals surface area (Å²) >= 11 is 1.36. The fourth-order valence-electron chi connectivity index (χ4n) is 2.41. The molecular weight excluding hydrogens is 318 g/mol. The van der Waals surface area contributed by atoms with E-state index in [1.807, 2.05) is 19.2 Å². The minimum atomic E-state index is -0.372. The van der Waals surface area contributed by atoms with Gasteiger partial charge in [0.2, 0.25) is 11.8 Å². The van der Waals surface area contributed by atoms with Gasteiger partial charge in [-0.1, -0.05) is 13.8 Å². The van der Waals surface area contributed by atoms with E-state index in [4.69, 9.17) is 13.9 Å². The number of carbonyl (C=O) groups is 1. The standard InChI is InChI=1S/C15H19N3O4S/c1-9(2)13-16-17-14(22-13)10-8-21-6-5-18(10)15(19)12-11(20-3)4-7-23-12/h4,7,9-10H,5-6,8H2,1-3H3/t10-/m1/s1. The Morgan fingerprint density at radius 3 is 3.00 bits per heavy atom. The lowest BCUT2D eigenvalue weighted by Crippen LogP contribution is -2.43. The highest BCUT2D eigenvalue weighted by atomic mass is 32.1. The summed E-state index contributed by atoms with van der Waals surface area (Å²) in [6, 6.07) is 1.42. The lowest BCUT2D eigenvalue weighted by atomic mass is 10.2. The summed E-state index contributed by atoms with van der Waals surface area (Å²) in [6.45, 7) is 5.27. The molecular formula is C15H19N3O4S. The predicted octanol–water partition coefficient (Wildman–Crippen LogP) is 2.48. The highest BCUT2D eigenvalue weighted by molar-refractivity contribution is 7.12. The van der Waals surface area contributed by atoms with Crippen molar-refractivity contribution in [2.24, 2.45) is 0 Å². The van der Waals surface area contributed by atoms with Gasteiger partial charge in [0.1, 0.15) is 16.7 Å². The molecule has 1 fully saturated rings. The number of nitrogens with zero attached hydrogens (tertiary/aromatic N) is 3. The first kappa shape index (κ1) is 15.9. The fourth-order valence-corrected chi connectivity index (χ4v) is 3.22. The van der Waals surface area contributed by atoms with Gasteiger partial charge in [0.25, 0.3) is 5.91 Å². The number of aromatic nitrogens is 2. The number of amides is 1. The van der Waals surface area contributed by atoms with Crippen molar-refractivity contribution >= 4 is 17.2 Å². The van der Waals surface area contributed by atoms with Crippen LogP contribution in [0.1, 0.15) is 47.3 Å². The van der Waals surface area contributed by atoms with Crippen LogP contribution in [-0.2, 0) is 4.74 Å². The molecule has 0 bridgehead atoms. The van der Waals surface area contributed by atoms with Crippen LogP contribution in [0.3, 0.4) is 0 Å². The van der Waals surface area contributed by atoms with Crippen LogP contribution in [0.2, 0.25) is 0 Å². The number of morpholine rings is 1. The maximum Gasteiger partial charge on any atom is 0.268 e. The Balaban J connectivity index is 1.87. The minimum absolute atomic E-state index is 0.102. The first-order valence-corrected chi connectivity index (χ1v) is 8.33. The molecule has 2 aromatic heterocycles. The van der Waals surface area contributed by atoms with E-state index in [1.165, 1.54) is 11.3 Å². The quantitative estimate of drug-likeness (QED) is 0.853. The van der Waals surface area contributed by atoms with Crippen molar-refractivity contribution in [2.75, 3.05) is 26.9 Å². The fraction of sp³-hybridized carbons (Fsp3) is 0.533. The Hall–Kier alpha value is -1.93. The van der Waals surface area contributed by atoms with Crippen LogP contribution in [-0.4, -0.2) is 47.9 Å². The van der Waals surface area contributed by atoms with E-state index in [-0.39, 0.29) is 17.9 Å². The zero-order valence-corrected chi connectivity index (χ0v) is 14.1. The van der Waals surface area contributed by atoms with Gasteiger partial charge in [-0.25, -0.2) is 0 Å². The molecule has 0 saturated carbocycles. The van der Waals surface area contributed by atoms with Crippen LogP contribution in [0.15, 0.2) is 15.9 Å². The molecule has 1 aliphatic rings. The third kappa shape index (κ3) is 3.09. The molecule has 3 heterocycles. The number of ether oxygens (including phenoxy) is 2. The zero-order chi connectivity index (χ0) is 16.4. The number of hydrogen-bond donors (Lipinski definition) is 0. The second kappa shape index (κ2) is 6.67. The van der Waals surface area contributed by atoms with E-state index in [0.29, 0.717) is 42.2 Å². The molecule has 23 heavy (non-hydrogen) atoms. The Bertz CT molecular complexity index is 682. The van der Waals surface area contributed by atoms with Gasteiger partial charge in [-0.3, -0.25) is 4.79 Å². The van der Waals surface area contributed by atoms with Gasteiger partial charge in [-0.15, -0.1) is 21.5 Å². The molecule has 124 valence electrons. The monoisotopic (exact) mass is 337 g/mol. The molecule has 0 unspecified atom stereocenters. The molecule has 0 N–H and O–H groups in total. The van der Waals surface area contributed by atoms with Gasteiger partial charge < -0.3 is 18.8 Å². The molecule has 0 spiro atoms. The maximum absolute atomic E-state index is 12.9. The lowest BCUT2D eigenvalue weighted by molar-refractivity contribution is -0.0106. The molecule has 7 nitrogen and oxygen atoms in total. The minimum Gasteiger partial charge on any atom is -0.495 e. The Morgan fingerprint density at radius 1 is 1.48 bits per heavy atom. The van der Waals surface area contributed by atoms with Gasteiger partial charge in [0, 0.05) is 12.5 Å². The second-order valence-electron chi connectivity index (χ2n) is 5.54. The maximum atomic E-state index is 12.9. The van der Waals surface area contributed by atoms with Gasteiger partial charge in [-0.2, -0.15) is 0 Å². The molecule has 8 heteroatoms. The largest absolute Gasteiger partial charge is 0.495 e. The molecule has 0 radical (unpaired) electrons. The van der Waals surface area contributed by atoms with Crippen LogP contribution in [0.5, 0.6) is 5.75 Å². The third-order valence-corrected chi connectivity index (χ3v) is 4.55. The van der Waals surface area contributed by atoms with Crippen molar-refractivity contribution in [3.05, 3.63) is 28.1 Å². The molecule has 0 aliphatic carbocycles. The average Bonchev–Trinajstić information content (AvgIpc) is 3.23. The van der Waals surface area contributed by atoms with Crippen molar-refractivity contribution in [1.82, 2.24) is 15.1 Å². The zero-order valence-electron chi connectivity index (χ0n) is 13.3. The van der Waals surface area contributed by atoms with Crippen LogP contribution in [0.4, 0.5) is 0 Å². The summed E-state index contributed by atoms with van der Waals surface area (Å²) < 4.78 is 16.5. The number of methoxy groups -OCH3 is 1. The highest BCUT2D eigenvalue weighted by Crippen LogP contribution is 2.31. The third-order valence-electron chi connectivity index (χ3n) is 3.67. The molecule has 0 aromatic carbocycles. The van der Waals surface area contributed by atoms with E-state index in [9.17, 15) is 4.79 Å². The molecule has 2 aromatic rings. The smallest absolute Gasteiger partial charge is 0.268 e. The molecule has 1 amide bonds. The Labute approximate surface area is 138 Å². The SMILES string of the molecule is COc1ccsc1C(=O)N1CCOC[C@@H]1c1nnc(C(C)C)o1. The average molecular weight is 337 g/mol. The second-order valence-corrected chi connectivity index (χ2v) is 6.46. The van der Waals surface area contributed by atoms with Gasteiger partial charge in [0.15, 0.2) is 0 Å². The number of carbonyl (C=O) groups excluding carboxylic acids is 1. The van der Waals surface area contributed by atoms with Crippen LogP contribution >= 0.6 is 11.3 Å².